The van der Waals surface area contributed by atoms with Gasteiger partial charge in [0.25, 0.3) is 0 Å². The maximum atomic E-state index is 13.7. The van der Waals surface area contributed by atoms with E-state index in [4.69, 9.17) is 4.74 Å². The fourth-order valence-electron chi connectivity index (χ4n) is 4.94. The highest BCUT2D eigenvalue weighted by molar-refractivity contribution is 5.68. The largest absolute Gasteiger partial charge is 0.465 e. The molecule has 196 valence electrons. The van der Waals surface area contributed by atoms with Crippen LogP contribution >= 0.6 is 0 Å². The lowest BCUT2D eigenvalue weighted by Gasteiger charge is -2.32. The minimum Gasteiger partial charge on any atom is -0.465 e. The number of ether oxygens (including phenoxy) is 1. The summed E-state index contributed by atoms with van der Waals surface area (Å²) in [6.45, 7) is 0.158. The molecule has 11 heteroatoms. The number of halogens is 2. The predicted molar refractivity (Wildman–Crippen MR) is 129 cm³/mol. The van der Waals surface area contributed by atoms with Gasteiger partial charge in [0.2, 0.25) is 11.7 Å². The zero-order valence-electron chi connectivity index (χ0n) is 20.1. The van der Waals surface area contributed by atoms with Crippen molar-refractivity contribution in [2.75, 3.05) is 0 Å². The van der Waals surface area contributed by atoms with Crippen molar-refractivity contribution in [3.63, 3.8) is 0 Å². The highest BCUT2D eigenvalue weighted by Gasteiger charge is 2.39. The topological polar surface area (TPSA) is 118 Å². The van der Waals surface area contributed by atoms with E-state index in [1.807, 2.05) is 30.3 Å². The first-order chi connectivity index (χ1) is 17.8. The van der Waals surface area contributed by atoms with Crippen LogP contribution in [0.25, 0.3) is 5.78 Å². The Kier molecular flexibility index (Phi) is 6.94. The molecule has 3 aromatic rings. The number of carbonyl (C=O) groups excluding carboxylic acids is 1. The third kappa shape index (κ3) is 6.15. The van der Waals surface area contributed by atoms with Crippen molar-refractivity contribution in [2.45, 2.75) is 63.1 Å². The van der Waals surface area contributed by atoms with Gasteiger partial charge in [-0.15, -0.1) is 0 Å². The molecule has 2 atom stereocenters. The van der Waals surface area contributed by atoms with E-state index >= 15 is 0 Å². The molecule has 2 aliphatic rings. The Morgan fingerprint density at radius 2 is 1.65 bits per heavy atom. The van der Waals surface area contributed by atoms with Gasteiger partial charge in [0, 0.05) is 25.2 Å². The van der Waals surface area contributed by atoms with Gasteiger partial charge in [0.1, 0.15) is 6.61 Å². The van der Waals surface area contributed by atoms with Gasteiger partial charge in [-0.3, -0.25) is 4.40 Å². The molecule has 2 heterocycles. The van der Waals surface area contributed by atoms with Crippen molar-refractivity contribution in [3.05, 3.63) is 65.7 Å². The molecule has 37 heavy (non-hydrogen) atoms. The maximum absolute atomic E-state index is 13.7. The summed E-state index contributed by atoms with van der Waals surface area (Å²) < 4.78 is 34.4. The molecule has 2 fully saturated rings. The average Bonchev–Trinajstić information content (AvgIpc) is 3.63. The Morgan fingerprint density at radius 1 is 1.00 bits per heavy atom. The Balaban J connectivity index is 1.32. The standard InChI is InChI=1S/C26H29F2N5O4/c27-26(28)11-8-18(9-12-26)22(31-24(34)35)20-14-33-13-10-19(29-23(33)30-20)21(17-6-7-17)32-25(36)37-15-16-4-2-1-3-5-16/h1-5,10,13-14,17-18,21-22,31H,6-9,11-12,15H2,(H,32,36)(H,34,35). The zero-order chi connectivity index (χ0) is 26.0. The lowest BCUT2D eigenvalue weighted by atomic mass is 9.81. The summed E-state index contributed by atoms with van der Waals surface area (Å²) in [5.41, 5.74) is 1.95. The summed E-state index contributed by atoms with van der Waals surface area (Å²) in [7, 11) is 0. The number of carbonyl (C=O) groups is 2. The Hall–Kier alpha value is -3.76. The van der Waals surface area contributed by atoms with Gasteiger partial charge in [-0.05, 0) is 49.1 Å². The number of amides is 2. The van der Waals surface area contributed by atoms with E-state index in [2.05, 4.69) is 20.6 Å². The fourth-order valence-corrected chi connectivity index (χ4v) is 4.94. The summed E-state index contributed by atoms with van der Waals surface area (Å²) >= 11 is 0. The van der Waals surface area contributed by atoms with Gasteiger partial charge in [0.15, 0.2) is 0 Å². The molecule has 2 unspecified atom stereocenters. The van der Waals surface area contributed by atoms with Crippen molar-refractivity contribution >= 4 is 18.0 Å². The third-order valence-electron chi connectivity index (χ3n) is 7.10. The number of rotatable bonds is 8. The van der Waals surface area contributed by atoms with Crippen LogP contribution < -0.4 is 10.6 Å². The molecule has 5 rings (SSSR count). The fraction of sp³-hybridized carbons (Fsp3) is 0.462. The summed E-state index contributed by atoms with van der Waals surface area (Å²) in [6, 6.07) is 10.1. The number of hydrogen-bond acceptors (Lipinski definition) is 5. The molecule has 0 aliphatic heterocycles. The van der Waals surface area contributed by atoms with E-state index in [1.165, 1.54) is 0 Å². The van der Waals surface area contributed by atoms with E-state index < -0.39 is 24.2 Å². The van der Waals surface area contributed by atoms with Crippen molar-refractivity contribution in [3.8, 4) is 0 Å². The number of benzene rings is 1. The van der Waals surface area contributed by atoms with E-state index in [0.29, 0.717) is 17.2 Å². The maximum Gasteiger partial charge on any atom is 0.408 e. The van der Waals surface area contributed by atoms with Crippen LogP contribution in [0.1, 0.15) is 67.6 Å². The SMILES string of the molecule is O=C(O)NC(c1cn2ccc(C(NC(=O)OCc3ccccc3)C3CC3)nc2n1)C1CCC(F)(F)CC1. The highest BCUT2D eigenvalue weighted by atomic mass is 19.3. The molecule has 2 aromatic heterocycles. The minimum atomic E-state index is -2.72. The number of nitrogens with one attached hydrogen (secondary N) is 2. The van der Waals surface area contributed by atoms with Crippen LogP contribution in [0.5, 0.6) is 0 Å². The van der Waals surface area contributed by atoms with E-state index in [9.17, 15) is 23.5 Å². The quantitative estimate of drug-likeness (QED) is 0.379. The average molecular weight is 514 g/mol. The lowest BCUT2D eigenvalue weighted by molar-refractivity contribution is -0.0495. The van der Waals surface area contributed by atoms with Crippen LogP contribution in [0.15, 0.2) is 48.8 Å². The highest BCUT2D eigenvalue weighted by Crippen LogP contribution is 2.42. The Bertz CT molecular complexity index is 1250. The van der Waals surface area contributed by atoms with Crippen LogP contribution in [0.3, 0.4) is 0 Å². The third-order valence-corrected chi connectivity index (χ3v) is 7.10. The Morgan fingerprint density at radius 3 is 2.32 bits per heavy atom. The molecular weight excluding hydrogens is 484 g/mol. The first kappa shape index (κ1) is 24.9. The summed E-state index contributed by atoms with van der Waals surface area (Å²) in [4.78, 5) is 33.2. The molecule has 0 bridgehead atoms. The van der Waals surface area contributed by atoms with Crippen LogP contribution in [0, 0.1) is 11.8 Å². The van der Waals surface area contributed by atoms with E-state index in [-0.39, 0.29) is 50.2 Å². The van der Waals surface area contributed by atoms with E-state index in [0.717, 1.165) is 18.4 Å². The van der Waals surface area contributed by atoms with Crippen LogP contribution in [-0.4, -0.2) is 37.6 Å². The minimum absolute atomic E-state index is 0.158. The predicted octanol–water partition coefficient (Wildman–Crippen LogP) is 5.24. The van der Waals surface area contributed by atoms with Gasteiger partial charge < -0.3 is 20.5 Å². The van der Waals surface area contributed by atoms with Crippen molar-refractivity contribution < 1.29 is 28.2 Å². The molecule has 2 saturated carbocycles. The molecule has 1 aromatic carbocycles. The summed E-state index contributed by atoms with van der Waals surface area (Å²) in [5.74, 6) is -2.43. The molecule has 3 N–H and O–H groups in total. The lowest BCUT2D eigenvalue weighted by Crippen LogP contribution is -2.36. The van der Waals surface area contributed by atoms with Crippen LogP contribution in [0.4, 0.5) is 18.4 Å². The van der Waals surface area contributed by atoms with Crippen molar-refractivity contribution in [2.24, 2.45) is 11.8 Å². The molecule has 0 saturated heterocycles. The molecule has 2 amide bonds. The van der Waals surface area contributed by atoms with Gasteiger partial charge in [-0.25, -0.2) is 28.3 Å². The first-order valence-corrected chi connectivity index (χ1v) is 12.5. The number of alkyl carbamates (subject to hydrolysis) is 1. The Labute approximate surface area is 212 Å². The monoisotopic (exact) mass is 513 g/mol. The molecule has 2 aliphatic carbocycles. The first-order valence-electron chi connectivity index (χ1n) is 12.5. The number of imidazole rings is 1. The van der Waals surface area contributed by atoms with Crippen LogP contribution in [0.2, 0.25) is 0 Å². The number of nitrogens with zero attached hydrogens (tertiary/aromatic N) is 3. The van der Waals surface area contributed by atoms with Gasteiger partial charge in [-0.1, -0.05) is 30.3 Å². The molecule has 0 radical (unpaired) electrons. The molecular formula is C26H29F2N5O4. The molecule has 0 spiro atoms. The van der Waals surface area contributed by atoms with E-state index in [1.54, 1.807) is 22.9 Å². The number of carboxylic acid groups (broad SMARTS) is 1. The second-order valence-corrected chi connectivity index (χ2v) is 9.87. The normalized spacial score (nSPS) is 19.2. The van der Waals surface area contributed by atoms with Crippen LogP contribution in [-0.2, 0) is 11.3 Å². The summed E-state index contributed by atoms with van der Waals surface area (Å²) in [6.07, 6.45) is 3.40. The smallest absolute Gasteiger partial charge is 0.408 e. The number of hydrogen-bond donors (Lipinski definition) is 3. The van der Waals surface area contributed by atoms with Crippen molar-refractivity contribution in [1.29, 1.82) is 0 Å². The molecule has 9 nitrogen and oxygen atoms in total. The zero-order valence-corrected chi connectivity index (χ0v) is 20.1. The summed E-state index contributed by atoms with van der Waals surface area (Å²) in [5, 5.41) is 14.8. The second kappa shape index (κ2) is 10.3. The van der Waals surface area contributed by atoms with Gasteiger partial charge in [-0.2, -0.15) is 0 Å². The van der Waals surface area contributed by atoms with Gasteiger partial charge >= 0.3 is 12.2 Å². The van der Waals surface area contributed by atoms with Gasteiger partial charge in [0.05, 0.1) is 23.5 Å². The number of fused-ring (bicyclic) bond motifs is 1. The number of aromatic nitrogens is 3. The van der Waals surface area contributed by atoms with Crippen molar-refractivity contribution in [1.82, 2.24) is 25.0 Å². The second-order valence-electron chi connectivity index (χ2n) is 9.87. The number of alkyl halides is 2.